The summed E-state index contributed by atoms with van der Waals surface area (Å²) in [7, 11) is 3.61. The standard InChI is InChI=1S/C21H31N5O2/c1-12-9-13(2)19(14(3)10-12)22-18(27)11-25(7)17(6)21(28)23-20-15(4)24-26(8)16(20)5/h9-10,17H,11H2,1-8H3,(H,22,27)(H,23,28)/t17-/m0/s1. The largest absolute Gasteiger partial charge is 0.324 e. The topological polar surface area (TPSA) is 79.3 Å². The fraction of sp³-hybridized carbons (Fsp3) is 0.476. The van der Waals surface area contributed by atoms with Crippen LogP contribution >= 0.6 is 0 Å². The predicted molar refractivity (Wildman–Crippen MR) is 113 cm³/mol. The molecule has 28 heavy (non-hydrogen) atoms. The summed E-state index contributed by atoms with van der Waals surface area (Å²) in [5.74, 6) is -0.317. The summed E-state index contributed by atoms with van der Waals surface area (Å²) in [5, 5.41) is 10.2. The van der Waals surface area contributed by atoms with Crippen molar-refractivity contribution >= 4 is 23.2 Å². The first-order valence-corrected chi connectivity index (χ1v) is 9.40. The number of aromatic nitrogens is 2. The van der Waals surface area contributed by atoms with Crippen molar-refractivity contribution in [2.75, 3.05) is 24.2 Å². The van der Waals surface area contributed by atoms with Gasteiger partial charge in [-0.15, -0.1) is 0 Å². The molecular formula is C21H31N5O2. The minimum Gasteiger partial charge on any atom is -0.324 e. The summed E-state index contributed by atoms with van der Waals surface area (Å²) < 4.78 is 1.74. The molecule has 1 aromatic carbocycles. The van der Waals surface area contributed by atoms with Crippen LogP contribution < -0.4 is 10.6 Å². The number of amides is 2. The van der Waals surface area contributed by atoms with Crippen molar-refractivity contribution in [3.8, 4) is 0 Å². The van der Waals surface area contributed by atoms with Gasteiger partial charge in [0, 0.05) is 12.7 Å². The third-order valence-corrected chi connectivity index (χ3v) is 5.13. The van der Waals surface area contributed by atoms with Gasteiger partial charge in [0.1, 0.15) is 0 Å². The third kappa shape index (κ3) is 4.78. The maximum Gasteiger partial charge on any atom is 0.241 e. The summed E-state index contributed by atoms with van der Waals surface area (Å²) in [5.41, 5.74) is 6.45. The molecule has 2 aromatic rings. The average Bonchev–Trinajstić information content (AvgIpc) is 2.83. The normalized spacial score (nSPS) is 12.2. The maximum atomic E-state index is 12.6. The van der Waals surface area contributed by atoms with Gasteiger partial charge >= 0.3 is 0 Å². The molecule has 2 rings (SSSR count). The second kappa shape index (κ2) is 8.56. The van der Waals surface area contributed by atoms with Crippen LogP contribution in [0.5, 0.6) is 0 Å². The number of benzene rings is 1. The number of nitrogens with zero attached hydrogens (tertiary/aromatic N) is 3. The molecule has 7 nitrogen and oxygen atoms in total. The number of anilines is 2. The van der Waals surface area contributed by atoms with Crippen LogP contribution in [0.1, 0.15) is 35.0 Å². The molecule has 1 atom stereocenters. The first-order chi connectivity index (χ1) is 13.0. The minimum absolute atomic E-state index is 0.117. The molecule has 0 aliphatic rings. The van der Waals surface area contributed by atoms with Crippen molar-refractivity contribution < 1.29 is 9.59 Å². The molecule has 1 aromatic heterocycles. The lowest BCUT2D eigenvalue weighted by atomic mass is 10.1. The third-order valence-electron chi connectivity index (χ3n) is 5.13. The van der Waals surface area contributed by atoms with E-state index in [-0.39, 0.29) is 18.4 Å². The Morgan fingerprint density at radius 3 is 2.14 bits per heavy atom. The van der Waals surface area contributed by atoms with Gasteiger partial charge in [0.05, 0.1) is 29.7 Å². The summed E-state index contributed by atoms with van der Waals surface area (Å²) in [4.78, 5) is 26.9. The predicted octanol–water partition coefficient (Wildman–Crippen LogP) is 2.86. The number of carbonyl (C=O) groups is 2. The van der Waals surface area contributed by atoms with E-state index in [1.807, 2.05) is 53.8 Å². The van der Waals surface area contributed by atoms with Gasteiger partial charge in [-0.3, -0.25) is 19.2 Å². The lowest BCUT2D eigenvalue weighted by Crippen LogP contribution is -2.43. The van der Waals surface area contributed by atoms with Gasteiger partial charge in [0.15, 0.2) is 0 Å². The highest BCUT2D eigenvalue weighted by molar-refractivity contribution is 5.97. The number of likely N-dealkylation sites (N-methyl/N-ethyl adjacent to an activating group) is 1. The maximum absolute atomic E-state index is 12.6. The summed E-state index contributed by atoms with van der Waals surface area (Å²) in [6.07, 6.45) is 0. The molecule has 1 heterocycles. The fourth-order valence-electron chi connectivity index (χ4n) is 3.30. The molecule has 0 bridgehead atoms. The van der Waals surface area contributed by atoms with Crippen LogP contribution in [-0.2, 0) is 16.6 Å². The van der Waals surface area contributed by atoms with E-state index >= 15 is 0 Å². The quantitative estimate of drug-likeness (QED) is 0.801. The zero-order chi connectivity index (χ0) is 21.2. The van der Waals surface area contributed by atoms with E-state index in [0.717, 1.165) is 39.5 Å². The molecule has 0 saturated carbocycles. The minimum atomic E-state index is -0.468. The number of rotatable bonds is 6. The fourth-order valence-corrected chi connectivity index (χ4v) is 3.30. The van der Waals surface area contributed by atoms with Gasteiger partial charge in [-0.25, -0.2) is 0 Å². The molecule has 0 radical (unpaired) electrons. The lowest BCUT2D eigenvalue weighted by molar-refractivity contribution is -0.122. The van der Waals surface area contributed by atoms with E-state index in [4.69, 9.17) is 0 Å². The Kier molecular flexibility index (Phi) is 6.61. The van der Waals surface area contributed by atoms with Crippen molar-refractivity contribution in [2.45, 2.75) is 47.6 Å². The Hall–Kier alpha value is -2.67. The molecule has 0 spiro atoms. The Bertz CT molecular complexity index is 877. The number of aryl methyl sites for hydroxylation is 5. The highest BCUT2D eigenvalue weighted by Crippen LogP contribution is 2.22. The molecule has 2 amide bonds. The van der Waals surface area contributed by atoms with Crippen LogP contribution in [0, 0.1) is 34.6 Å². The SMILES string of the molecule is Cc1cc(C)c(NC(=O)CN(C)[C@@H](C)C(=O)Nc2c(C)nn(C)c2C)c(C)c1. The van der Waals surface area contributed by atoms with Crippen molar-refractivity contribution in [3.63, 3.8) is 0 Å². The first-order valence-electron chi connectivity index (χ1n) is 9.40. The number of hydrogen-bond donors (Lipinski definition) is 2. The molecule has 7 heteroatoms. The number of hydrogen-bond acceptors (Lipinski definition) is 4. The van der Waals surface area contributed by atoms with Gasteiger partial charge < -0.3 is 10.6 Å². The Morgan fingerprint density at radius 2 is 1.64 bits per heavy atom. The Morgan fingerprint density at radius 1 is 1.07 bits per heavy atom. The summed E-state index contributed by atoms with van der Waals surface area (Å²) in [6, 6.07) is 3.62. The van der Waals surface area contributed by atoms with Crippen molar-refractivity contribution in [3.05, 3.63) is 40.2 Å². The molecule has 0 unspecified atom stereocenters. The van der Waals surface area contributed by atoms with E-state index in [2.05, 4.69) is 15.7 Å². The van der Waals surface area contributed by atoms with Crippen LogP contribution in [0.4, 0.5) is 11.4 Å². The second-order valence-corrected chi connectivity index (χ2v) is 7.57. The molecule has 152 valence electrons. The van der Waals surface area contributed by atoms with Crippen molar-refractivity contribution in [2.24, 2.45) is 7.05 Å². The molecule has 0 aliphatic heterocycles. The highest BCUT2D eigenvalue weighted by Gasteiger charge is 2.22. The van der Waals surface area contributed by atoms with E-state index in [0.29, 0.717) is 0 Å². The van der Waals surface area contributed by atoms with Gasteiger partial charge in [-0.1, -0.05) is 17.7 Å². The molecule has 2 N–H and O–H groups in total. The van der Waals surface area contributed by atoms with Gasteiger partial charge in [-0.2, -0.15) is 5.10 Å². The molecule has 0 aliphatic carbocycles. The van der Waals surface area contributed by atoms with Gasteiger partial charge in [0.25, 0.3) is 0 Å². The van der Waals surface area contributed by atoms with Crippen LogP contribution in [0.25, 0.3) is 0 Å². The van der Waals surface area contributed by atoms with E-state index in [9.17, 15) is 9.59 Å². The Balaban J connectivity index is 2.00. The number of nitrogens with one attached hydrogen (secondary N) is 2. The van der Waals surface area contributed by atoms with Gasteiger partial charge in [0.2, 0.25) is 11.8 Å². The van der Waals surface area contributed by atoms with Crippen molar-refractivity contribution in [1.29, 1.82) is 0 Å². The first kappa shape index (κ1) is 21.6. The van der Waals surface area contributed by atoms with Crippen LogP contribution in [0.15, 0.2) is 12.1 Å². The smallest absolute Gasteiger partial charge is 0.241 e. The Labute approximate surface area is 167 Å². The van der Waals surface area contributed by atoms with E-state index < -0.39 is 6.04 Å². The lowest BCUT2D eigenvalue weighted by Gasteiger charge is -2.24. The van der Waals surface area contributed by atoms with Gasteiger partial charge in [-0.05, 0) is 59.7 Å². The van der Waals surface area contributed by atoms with E-state index in [1.165, 1.54) is 0 Å². The number of carbonyl (C=O) groups excluding carboxylic acids is 2. The monoisotopic (exact) mass is 385 g/mol. The summed E-state index contributed by atoms with van der Waals surface area (Å²) >= 11 is 0. The average molecular weight is 386 g/mol. The molecule has 0 saturated heterocycles. The van der Waals surface area contributed by atoms with Crippen LogP contribution in [0.2, 0.25) is 0 Å². The second-order valence-electron chi connectivity index (χ2n) is 7.57. The highest BCUT2D eigenvalue weighted by atomic mass is 16.2. The molecular weight excluding hydrogens is 354 g/mol. The van der Waals surface area contributed by atoms with Crippen molar-refractivity contribution in [1.82, 2.24) is 14.7 Å². The summed E-state index contributed by atoms with van der Waals surface area (Å²) in [6.45, 7) is 11.7. The zero-order valence-corrected chi connectivity index (χ0v) is 18.1. The van der Waals surface area contributed by atoms with E-state index in [1.54, 1.807) is 23.6 Å². The zero-order valence-electron chi connectivity index (χ0n) is 18.1. The molecule has 0 fully saturated rings. The van der Waals surface area contributed by atoms with Crippen LogP contribution in [0.3, 0.4) is 0 Å². The van der Waals surface area contributed by atoms with Crippen LogP contribution in [-0.4, -0.2) is 46.1 Å².